The van der Waals surface area contributed by atoms with Crippen LogP contribution in [-0.2, 0) is 0 Å². The molecule has 0 unspecified atom stereocenters. The Morgan fingerprint density at radius 3 is 2.72 bits per heavy atom. The van der Waals surface area contributed by atoms with Gasteiger partial charge >= 0.3 is 0 Å². The van der Waals surface area contributed by atoms with Crippen LogP contribution in [0, 0.1) is 11.2 Å². The molecular weight excluding hydrogens is 387 g/mol. The molecule has 1 aromatic carbocycles. The fourth-order valence-electron chi connectivity index (χ4n) is 2.29. The number of aliphatic hydroxyl groups excluding tert-OH is 1. The molecule has 1 rings (SSSR count). The van der Waals surface area contributed by atoms with Gasteiger partial charge in [-0.3, -0.25) is 10.4 Å². The van der Waals surface area contributed by atoms with E-state index in [1.807, 2.05) is 6.92 Å². The Hall–Kier alpha value is -1.99. The minimum absolute atomic E-state index is 0.234. The summed E-state index contributed by atoms with van der Waals surface area (Å²) in [6.45, 7) is 4.24. The lowest BCUT2D eigenvalue weighted by molar-refractivity contribution is 0.198. The van der Waals surface area contributed by atoms with Crippen molar-refractivity contribution < 1.29 is 9.50 Å². The summed E-state index contributed by atoms with van der Waals surface area (Å²) < 4.78 is 13.8. The smallest absolute Gasteiger partial charge is 0.123 e. The molecule has 136 valence electrons. The Kier molecular flexibility index (Phi) is 8.51. The summed E-state index contributed by atoms with van der Waals surface area (Å²) in [6, 6.07) is 4.12. The minimum atomic E-state index is -0.865. The van der Waals surface area contributed by atoms with Crippen LogP contribution < -0.4 is 11.1 Å². The Morgan fingerprint density at radius 2 is 2.20 bits per heavy atom. The van der Waals surface area contributed by atoms with E-state index in [-0.39, 0.29) is 4.62 Å². The number of aliphatic hydroxyl groups is 1. The zero-order valence-electron chi connectivity index (χ0n) is 14.6. The molecule has 0 bridgehead atoms. The molecule has 25 heavy (non-hydrogen) atoms. The second-order valence-electron chi connectivity index (χ2n) is 5.45. The number of benzene rings is 1. The van der Waals surface area contributed by atoms with E-state index in [9.17, 15) is 9.50 Å². The highest BCUT2D eigenvalue weighted by molar-refractivity contribution is 9.18. The van der Waals surface area contributed by atoms with Crippen molar-refractivity contribution in [1.82, 2.24) is 5.32 Å². The molecule has 5 nitrogen and oxygen atoms in total. The summed E-state index contributed by atoms with van der Waals surface area (Å²) >= 11 is 3.18. The molecule has 0 amide bonds. The third-order valence-corrected chi connectivity index (χ3v) is 4.04. The Balaban J connectivity index is 3.43. The van der Waals surface area contributed by atoms with E-state index in [1.165, 1.54) is 12.1 Å². The van der Waals surface area contributed by atoms with E-state index < -0.39 is 11.9 Å². The van der Waals surface area contributed by atoms with Crippen LogP contribution in [0.3, 0.4) is 0 Å². The number of rotatable bonds is 8. The van der Waals surface area contributed by atoms with Crippen molar-refractivity contribution in [2.24, 2.45) is 10.7 Å². The number of hydrogen-bond acceptors (Lipinski definition) is 5. The third kappa shape index (κ3) is 6.10. The first-order valence-corrected chi connectivity index (χ1v) is 8.66. The molecule has 0 heterocycles. The molecule has 0 aromatic heterocycles. The quantitative estimate of drug-likeness (QED) is 0.493. The van der Waals surface area contributed by atoms with Gasteiger partial charge in [0.15, 0.2) is 0 Å². The van der Waals surface area contributed by atoms with Crippen LogP contribution in [0.2, 0.25) is 0 Å². The molecule has 0 aliphatic rings. The van der Waals surface area contributed by atoms with Crippen LogP contribution >= 0.6 is 15.9 Å². The predicted molar refractivity (Wildman–Crippen MR) is 106 cm³/mol. The van der Waals surface area contributed by atoms with E-state index in [0.29, 0.717) is 34.4 Å². The van der Waals surface area contributed by atoms with Crippen LogP contribution in [0.1, 0.15) is 37.5 Å². The van der Waals surface area contributed by atoms with Crippen molar-refractivity contribution in [3.8, 4) is 0 Å². The van der Waals surface area contributed by atoms with Crippen LogP contribution in [0.15, 0.2) is 40.5 Å². The van der Waals surface area contributed by atoms with Gasteiger partial charge in [0, 0.05) is 49.3 Å². The number of halogens is 2. The molecule has 7 heteroatoms. The fraction of sp³-hybridized carbons (Fsp3) is 0.333. The first-order valence-electron chi connectivity index (χ1n) is 7.87. The summed E-state index contributed by atoms with van der Waals surface area (Å²) in [6.07, 6.45) is 2.85. The topological polar surface area (TPSA) is 94.5 Å². The van der Waals surface area contributed by atoms with Gasteiger partial charge in [0.05, 0.1) is 6.10 Å². The van der Waals surface area contributed by atoms with Crippen molar-refractivity contribution in [1.29, 1.82) is 5.41 Å². The van der Waals surface area contributed by atoms with E-state index in [1.54, 1.807) is 32.5 Å². The van der Waals surface area contributed by atoms with Gasteiger partial charge in [-0.25, -0.2) is 4.39 Å². The first kappa shape index (κ1) is 21.1. The molecule has 0 spiro atoms. The molecular formula is C18H24BrFN4O. The van der Waals surface area contributed by atoms with E-state index >= 15 is 0 Å². The van der Waals surface area contributed by atoms with Gasteiger partial charge < -0.3 is 16.2 Å². The van der Waals surface area contributed by atoms with E-state index in [4.69, 9.17) is 11.1 Å². The SMILES string of the molecule is CCN/C=C(/CC(C=NC)=C(N)c1ccc(F)cc1[C@@H](C)O)C(=N)Br. The summed E-state index contributed by atoms with van der Waals surface area (Å²) in [7, 11) is 1.63. The highest BCUT2D eigenvalue weighted by Gasteiger charge is 2.15. The van der Waals surface area contributed by atoms with Crippen molar-refractivity contribution in [2.45, 2.75) is 26.4 Å². The highest BCUT2D eigenvalue weighted by atomic mass is 79.9. The highest BCUT2D eigenvalue weighted by Crippen LogP contribution is 2.27. The molecule has 5 N–H and O–H groups in total. The van der Waals surface area contributed by atoms with Gasteiger partial charge in [-0.05, 0) is 59.1 Å². The van der Waals surface area contributed by atoms with Gasteiger partial charge in [0.1, 0.15) is 10.4 Å². The Bertz CT molecular complexity index is 711. The van der Waals surface area contributed by atoms with Crippen LogP contribution in [0.4, 0.5) is 4.39 Å². The molecule has 0 radical (unpaired) electrons. The second-order valence-corrected chi connectivity index (χ2v) is 6.24. The van der Waals surface area contributed by atoms with Gasteiger partial charge in [0.25, 0.3) is 0 Å². The maximum Gasteiger partial charge on any atom is 0.123 e. The minimum Gasteiger partial charge on any atom is -0.398 e. The lowest BCUT2D eigenvalue weighted by Crippen LogP contribution is -2.11. The molecule has 0 fully saturated rings. The van der Waals surface area contributed by atoms with E-state index in [0.717, 1.165) is 6.54 Å². The van der Waals surface area contributed by atoms with Crippen molar-refractivity contribution in [3.63, 3.8) is 0 Å². The number of nitrogens with zero attached hydrogens (tertiary/aromatic N) is 1. The number of nitrogens with two attached hydrogens (primary N) is 1. The first-order chi connectivity index (χ1) is 11.8. The standard InChI is InChI=1S/C18H24BrFN4O/c1-4-24-10-13(18(19)22)7-12(9-23-3)17(21)15-6-5-14(20)8-16(15)11(2)25/h5-6,8-11,22,24-25H,4,7,21H2,1-3H3/b13-10-,17-12?,22-18?,23-9?/t11-/m1/s1. The lowest BCUT2D eigenvalue weighted by atomic mass is 9.95. The van der Waals surface area contributed by atoms with E-state index in [2.05, 4.69) is 26.2 Å². The summed E-state index contributed by atoms with van der Waals surface area (Å²) in [4.78, 5) is 4.03. The summed E-state index contributed by atoms with van der Waals surface area (Å²) in [5, 5.41) is 20.8. The number of hydrogen-bond donors (Lipinski definition) is 4. The fourth-order valence-corrected chi connectivity index (χ4v) is 2.54. The van der Waals surface area contributed by atoms with Gasteiger partial charge in [-0.15, -0.1) is 0 Å². The second kappa shape index (κ2) is 10.1. The Morgan fingerprint density at radius 1 is 1.52 bits per heavy atom. The monoisotopic (exact) mass is 410 g/mol. The normalized spacial score (nSPS) is 14.4. The summed E-state index contributed by atoms with van der Waals surface area (Å²) in [5.41, 5.74) is 9.02. The Labute approximate surface area is 156 Å². The lowest BCUT2D eigenvalue weighted by Gasteiger charge is -2.16. The van der Waals surface area contributed by atoms with Crippen molar-refractivity contribution in [3.05, 3.63) is 52.5 Å². The number of aliphatic imine (C=N–C) groups is 1. The zero-order valence-corrected chi connectivity index (χ0v) is 16.2. The molecule has 0 aliphatic carbocycles. The molecule has 0 aliphatic heterocycles. The largest absolute Gasteiger partial charge is 0.398 e. The summed E-state index contributed by atoms with van der Waals surface area (Å²) in [5.74, 6) is -0.437. The third-order valence-electron chi connectivity index (χ3n) is 3.53. The molecule has 1 atom stereocenters. The maximum absolute atomic E-state index is 13.5. The van der Waals surface area contributed by atoms with Crippen LogP contribution in [-0.4, -0.2) is 29.5 Å². The van der Waals surface area contributed by atoms with Crippen LogP contribution in [0.25, 0.3) is 5.70 Å². The molecule has 0 saturated carbocycles. The number of nitrogens with one attached hydrogen (secondary N) is 2. The van der Waals surface area contributed by atoms with Crippen LogP contribution in [0.5, 0.6) is 0 Å². The molecule has 1 aromatic rings. The number of allylic oxidation sites excluding steroid dienone is 2. The average Bonchev–Trinajstić information content (AvgIpc) is 2.56. The zero-order chi connectivity index (χ0) is 19.0. The van der Waals surface area contributed by atoms with Gasteiger partial charge in [0.2, 0.25) is 0 Å². The molecule has 0 saturated heterocycles. The van der Waals surface area contributed by atoms with Crippen molar-refractivity contribution >= 4 is 32.5 Å². The van der Waals surface area contributed by atoms with Gasteiger partial charge in [-0.1, -0.05) is 0 Å². The van der Waals surface area contributed by atoms with Gasteiger partial charge in [-0.2, -0.15) is 0 Å². The van der Waals surface area contributed by atoms with Crippen molar-refractivity contribution in [2.75, 3.05) is 13.6 Å². The maximum atomic E-state index is 13.5. The predicted octanol–water partition coefficient (Wildman–Crippen LogP) is 3.51. The average molecular weight is 411 g/mol.